The molecule has 16 heavy (non-hydrogen) atoms. The number of rotatable bonds is 2. The lowest BCUT2D eigenvalue weighted by atomic mass is 10.1. The Hall–Kier alpha value is -2.17. The van der Waals surface area contributed by atoms with E-state index in [0.717, 1.165) is 0 Å². The summed E-state index contributed by atoms with van der Waals surface area (Å²) in [5, 5.41) is 6.34. The highest BCUT2D eigenvalue weighted by Gasteiger charge is 2.12. The number of aromatic nitrogens is 2. The summed E-state index contributed by atoms with van der Waals surface area (Å²) in [6.07, 6.45) is 0. The molecule has 0 fully saturated rings. The number of methoxy groups -OCH3 is 1. The SMILES string of the molecule is COC(=O)c1cc(-c2ccccc2F)n[nH]1. The van der Waals surface area contributed by atoms with Crippen LogP contribution in [-0.2, 0) is 4.74 Å². The minimum Gasteiger partial charge on any atom is -0.464 e. The number of nitrogens with zero attached hydrogens (tertiary/aromatic N) is 1. The van der Waals surface area contributed by atoms with Crippen molar-refractivity contribution < 1.29 is 13.9 Å². The Bertz CT molecular complexity index is 522. The van der Waals surface area contributed by atoms with Gasteiger partial charge in [0.2, 0.25) is 0 Å². The third-order valence-electron chi connectivity index (χ3n) is 2.13. The van der Waals surface area contributed by atoms with Crippen LogP contribution >= 0.6 is 0 Å². The molecule has 0 aliphatic carbocycles. The summed E-state index contributed by atoms with van der Waals surface area (Å²) < 4.78 is 17.9. The maximum atomic E-state index is 13.4. The van der Waals surface area contributed by atoms with Crippen LogP contribution in [-0.4, -0.2) is 23.3 Å². The Balaban J connectivity index is 2.39. The second-order valence-corrected chi connectivity index (χ2v) is 3.14. The number of hydrogen-bond acceptors (Lipinski definition) is 3. The zero-order valence-electron chi connectivity index (χ0n) is 8.53. The zero-order valence-corrected chi connectivity index (χ0v) is 8.53. The number of esters is 1. The standard InChI is InChI=1S/C11H9FN2O2/c1-16-11(15)10-6-9(13-14-10)7-4-2-3-5-8(7)12/h2-6H,1H3,(H,13,14). The van der Waals surface area contributed by atoms with Crippen molar-refractivity contribution in [2.75, 3.05) is 7.11 Å². The Labute approximate surface area is 91.1 Å². The predicted octanol–water partition coefficient (Wildman–Crippen LogP) is 2.00. The van der Waals surface area contributed by atoms with Crippen LogP contribution in [0.2, 0.25) is 0 Å². The third kappa shape index (κ3) is 1.79. The molecule has 0 aliphatic heterocycles. The summed E-state index contributed by atoms with van der Waals surface area (Å²) >= 11 is 0. The smallest absolute Gasteiger partial charge is 0.356 e. The number of aromatic amines is 1. The molecule has 0 spiro atoms. The van der Waals surface area contributed by atoms with Crippen molar-refractivity contribution in [3.63, 3.8) is 0 Å². The quantitative estimate of drug-likeness (QED) is 0.787. The lowest BCUT2D eigenvalue weighted by molar-refractivity contribution is 0.0594. The van der Waals surface area contributed by atoms with Gasteiger partial charge in [0.05, 0.1) is 12.8 Å². The van der Waals surface area contributed by atoms with Crippen LogP contribution in [0.4, 0.5) is 4.39 Å². The summed E-state index contributed by atoms with van der Waals surface area (Å²) in [6.45, 7) is 0. The third-order valence-corrected chi connectivity index (χ3v) is 2.13. The van der Waals surface area contributed by atoms with E-state index < -0.39 is 5.97 Å². The monoisotopic (exact) mass is 220 g/mol. The van der Waals surface area contributed by atoms with Crippen LogP contribution in [0.25, 0.3) is 11.3 Å². The first-order valence-corrected chi connectivity index (χ1v) is 4.61. The predicted molar refractivity (Wildman–Crippen MR) is 55.3 cm³/mol. The van der Waals surface area contributed by atoms with Gasteiger partial charge in [0.25, 0.3) is 0 Å². The van der Waals surface area contributed by atoms with E-state index in [1.165, 1.54) is 19.2 Å². The molecule has 0 bridgehead atoms. The average molecular weight is 220 g/mol. The van der Waals surface area contributed by atoms with Gasteiger partial charge in [-0.05, 0) is 18.2 Å². The number of carbonyl (C=O) groups is 1. The lowest BCUT2D eigenvalue weighted by Crippen LogP contribution is -2.00. The highest BCUT2D eigenvalue weighted by molar-refractivity contribution is 5.88. The van der Waals surface area contributed by atoms with E-state index in [4.69, 9.17) is 0 Å². The minimum atomic E-state index is -0.532. The summed E-state index contributed by atoms with van der Waals surface area (Å²) in [6, 6.07) is 7.66. The number of carbonyl (C=O) groups excluding carboxylic acids is 1. The highest BCUT2D eigenvalue weighted by atomic mass is 19.1. The van der Waals surface area contributed by atoms with E-state index in [1.807, 2.05) is 0 Å². The van der Waals surface area contributed by atoms with Crippen LogP contribution < -0.4 is 0 Å². The normalized spacial score (nSPS) is 10.1. The minimum absolute atomic E-state index is 0.195. The van der Waals surface area contributed by atoms with Gasteiger partial charge in [-0.1, -0.05) is 12.1 Å². The van der Waals surface area contributed by atoms with Crippen molar-refractivity contribution >= 4 is 5.97 Å². The molecule has 1 heterocycles. The molecule has 2 rings (SSSR count). The summed E-state index contributed by atoms with van der Waals surface area (Å²) in [5.41, 5.74) is 0.910. The van der Waals surface area contributed by atoms with Gasteiger partial charge in [-0.2, -0.15) is 5.10 Å². The van der Waals surface area contributed by atoms with Crippen molar-refractivity contribution in [2.24, 2.45) is 0 Å². The molecular weight excluding hydrogens is 211 g/mol. The van der Waals surface area contributed by atoms with Crippen LogP contribution in [0.3, 0.4) is 0 Å². The molecule has 0 aliphatic rings. The molecule has 0 radical (unpaired) electrons. The first-order chi connectivity index (χ1) is 7.72. The van der Waals surface area contributed by atoms with Gasteiger partial charge < -0.3 is 4.74 Å². The lowest BCUT2D eigenvalue weighted by Gasteiger charge is -1.96. The molecule has 0 unspecified atom stereocenters. The van der Waals surface area contributed by atoms with Gasteiger partial charge in [0, 0.05) is 5.56 Å². The van der Waals surface area contributed by atoms with Gasteiger partial charge in [0.1, 0.15) is 11.5 Å². The van der Waals surface area contributed by atoms with Gasteiger partial charge in [-0.25, -0.2) is 9.18 Å². The largest absolute Gasteiger partial charge is 0.464 e. The van der Waals surface area contributed by atoms with Crippen molar-refractivity contribution in [1.29, 1.82) is 0 Å². The molecule has 5 heteroatoms. The maximum absolute atomic E-state index is 13.4. The number of benzene rings is 1. The van der Waals surface area contributed by atoms with Gasteiger partial charge in [0.15, 0.2) is 0 Å². The van der Waals surface area contributed by atoms with Gasteiger partial charge in [-0.3, -0.25) is 5.10 Å². The molecule has 0 atom stereocenters. The van der Waals surface area contributed by atoms with Crippen LogP contribution in [0.5, 0.6) is 0 Å². The Morgan fingerprint density at radius 2 is 2.19 bits per heavy atom. The Morgan fingerprint density at radius 1 is 1.44 bits per heavy atom. The van der Waals surface area contributed by atoms with E-state index in [9.17, 15) is 9.18 Å². The fraction of sp³-hybridized carbons (Fsp3) is 0.0909. The maximum Gasteiger partial charge on any atom is 0.356 e. The van der Waals surface area contributed by atoms with Crippen LogP contribution in [0.1, 0.15) is 10.5 Å². The zero-order chi connectivity index (χ0) is 11.5. The van der Waals surface area contributed by atoms with Crippen LogP contribution in [0.15, 0.2) is 30.3 Å². The Morgan fingerprint density at radius 3 is 2.88 bits per heavy atom. The summed E-state index contributed by atoms with van der Waals surface area (Å²) in [7, 11) is 1.27. The molecule has 2 aromatic rings. The average Bonchev–Trinajstić information content (AvgIpc) is 2.78. The molecule has 1 aromatic carbocycles. The van der Waals surface area contributed by atoms with Gasteiger partial charge in [-0.15, -0.1) is 0 Å². The fourth-order valence-corrected chi connectivity index (χ4v) is 1.34. The molecule has 1 N–H and O–H groups in total. The Kier molecular flexibility index (Phi) is 2.68. The molecule has 82 valence electrons. The van der Waals surface area contributed by atoms with Crippen molar-refractivity contribution in [1.82, 2.24) is 10.2 Å². The number of halogens is 1. The fourth-order valence-electron chi connectivity index (χ4n) is 1.34. The number of hydrogen-bond donors (Lipinski definition) is 1. The topological polar surface area (TPSA) is 55.0 Å². The van der Waals surface area contributed by atoms with E-state index in [1.54, 1.807) is 18.2 Å². The summed E-state index contributed by atoms with van der Waals surface area (Å²) in [4.78, 5) is 11.2. The van der Waals surface area contributed by atoms with Crippen LogP contribution in [0, 0.1) is 5.82 Å². The van der Waals surface area contributed by atoms with Crippen molar-refractivity contribution in [3.8, 4) is 11.3 Å². The summed E-state index contributed by atoms with van der Waals surface area (Å²) in [5.74, 6) is -0.916. The van der Waals surface area contributed by atoms with E-state index >= 15 is 0 Å². The molecule has 1 aromatic heterocycles. The molecular formula is C11H9FN2O2. The van der Waals surface area contributed by atoms with Crippen molar-refractivity contribution in [3.05, 3.63) is 41.8 Å². The second-order valence-electron chi connectivity index (χ2n) is 3.14. The van der Waals surface area contributed by atoms with E-state index in [0.29, 0.717) is 11.3 Å². The number of H-pyrrole nitrogens is 1. The molecule has 4 nitrogen and oxygen atoms in total. The van der Waals surface area contributed by atoms with Crippen molar-refractivity contribution in [2.45, 2.75) is 0 Å². The van der Waals surface area contributed by atoms with E-state index in [-0.39, 0.29) is 11.5 Å². The number of ether oxygens (including phenoxy) is 1. The first-order valence-electron chi connectivity index (χ1n) is 4.61. The molecule has 0 saturated carbocycles. The highest BCUT2D eigenvalue weighted by Crippen LogP contribution is 2.20. The number of nitrogens with one attached hydrogen (secondary N) is 1. The molecule has 0 saturated heterocycles. The first kappa shape index (κ1) is 10.4. The second kappa shape index (κ2) is 4.14. The van der Waals surface area contributed by atoms with Gasteiger partial charge >= 0.3 is 5.97 Å². The molecule has 0 amide bonds. The van der Waals surface area contributed by atoms with E-state index in [2.05, 4.69) is 14.9 Å².